The fourth-order valence-electron chi connectivity index (χ4n) is 1.46. The number of nitrogens with one attached hydrogen (secondary N) is 1. The Kier molecular flexibility index (Phi) is 5.59. The van der Waals surface area contributed by atoms with Crippen molar-refractivity contribution in [2.45, 2.75) is 52.5 Å². The van der Waals surface area contributed by atoms with Crippen molar-refractivity contribution in [3.05, 3.63) is 11.8 Å². The van der Waals surface area contributed by atoms with Gasteiger partial charge in [-0.2, -0.15) is 4.37 Å². The Morgan fingerprint density at radius 1 is 1.44 bits per heavy atom. The molecule has 1 rings (SSSR count). The van der Waals surface area contributed by atoms with Gasteiger partial charge in [0.2, 0.25) is 0 Å². The number of aromatic nitrogens is 1. The summed E-state index contributed by atoms with van der Waals surface area (Å²) in [5.41, 5.74) is 1.06. The zero-order valence-electron chi connectivity index (χ0n) is 11.9. The summed E-state index contributed by atoms with van der Waals surface area (Å²) in [6.07, 6.45) is 2.01. The van der Waals surface area contributed by atoms with E-state index in [0.29, 0.717) is 5.92 Å². The summed E-state index contributed by atoms with van der Waals surface area (Å²) in [5.74, 6) is 0.444. The Hall–Kier alpha value is -1.10. The second-order valence-corrected chi connectivity index (χ2v) is 5.53. The van der Waals surface area contributed by atoms with Crippen LogP contribution in [-0.2, 0) is 0 Å². The van der Waals surface area contributed by atoms with E-state index >= 15 is 0 Å². The van der Waals surface area contributed by atoms with Gasteiger partial charge in [0.1, 0.15) is 5.00 Å². The fraction of sp³-hybridized carbons (Fsp3) is 0.692. The molecule has 0 radical (unpaired) electrons. The number of hydrogen-bond acceptors (Lipinski definition) is 3. The van der Waals surface area contributed by atoms with Gasteiger partial charge in [0.25, 0.3) is 0 Å². The number of nitrogens with zero attached hydrogens (tertiary/aromatic N) is 2. The SMILES string of the molecule is CCC(C)c1cc(NC(=O)N(C)C(C)CC)sn1. The number of amides is 2. The smallest absolute Gasteiger partial charge is 0.322 e. The van der Waals surface area contributed by atoms with Crippen molar-refractivity contribution in [2.24, 2.45) is 0 Å². The van der Waals surface area contributed by atoms with E-state index < -0.39 is 0 Å². The maximum absolute atomic E-state index is 12.0. The number of anilines is 1. The highest BCUT2D eigenvalue weighted by molar-refractivity contribution is 7.10. The van der Waals surface area contributed by atoms with E-state index in [4.69, 9.17) is 0 Å². The summed E-state index contributed by atoms with van der Waals surface area (Å²) < 4.78 is 4.37. The van der Waals surface area contributed by atoms with E-state index in [9.17, 15) is 4.79 Å². The van der Waals surface area contributed by atoms with Gasteiger partial charge in [0.05, 0.1) is 5.69 Å². The highest BCUT2D eigenvalue weighted by Crippen LogP contribution is 2.24. The van der Waals surface area contributed by atoms with Crippen LogP contribution in [0.5, 0.6) is 0 Å². The van der Waals surface area contributed by atoms with Crippen molar-refractivity contribution < 1.29 is 4.79 Å². The summed E-state index contributed by atoms with van der Waals surface area (Å²) in [5, 5.41) is 3.72. The topological polar surface area (TPSA) is 45.2 Å². The Morgan fingerprint density at radius 2 is 2.11 bits per heavy atom. The average Bonchev–Trinajstić information content (AvgIpc) is 2.84. The van der Waals surface area contributed by atoms with E-state index in [1.807, 2.05) is 20.0 Å². The summed E-state index contributed by atoms with van der Waals surface area (Å²) in [6, 6.07) is 2.15. The minimum absolute atomic E-state index is 0.0660. The third-order valence-electron chi connectivity index (χ3n) is 3.45. The van der Waals surface area contributed by atoms with E-state index in [2.05, 4.69) is 30.5 Å². The summed E-state index contributed by atoms with van der Waals surface area (Å²) in [7, 11) is 1.82. The quantitative estimate of drug-likeness (QED) is 0.880. The summed E-state index contributed by atoms with van der Waals surface area (Å²) >= 11 is 1.35. The second kappa shape index (κ2) is 6.73. The molecule has 102 valence electrons. The van der Waals surface area contributed by atoms with Gasteiger partial charge in [-0.3, -0.25) is 5.32 Å². The van der Waals surface area contributed by atoms with Gasteiger partial charge in [-0.1, -0.05) is 20.8 Å². The van der Waals surface area contributed by atoms with Gasteiger partial charge in [-0.05, 0) is 43.3 Å². The summed E-state index contributed by atoms with van der Waals surface area (Å²) in [6.45, 7) is 8.39. The maximum atomic E-state index is 12.0. The van der Waals surface area contributed by atoms with Crippen molar-refractivity contribution in [3.8, 4) is 0 Å². The number of hydrogen-bond donors (Lipinski definition) is 1. The third kappa shape index (κ3) is 3.70. The highest BCUT2D eigenvalue weighted by Gasteiger charge is 2.16. The third-order valence-corrected chi connectivity index (χ3v) is 4.17. The number of carbonyl (C=O) groups is 1. The molecule has 5 heteroatoms. The molecule has 1 aromatic heterocycles. The van der Waals surface area contributed by atoms with Crippen LogP contribution in [0.4, 0.5) is 9.80 Å². The first-order valence-corrected chi connectivity index (χ1v) is 7.27. The van der Waals surface area contributed by atoms with Gasteiger partial charge >= 0.3 is 6.03 Å². The van der Waals surface area contributed by atoms with Crippen LogP contribution in [-0.4, -0.2) is 28.4 Å². The molecule has 1 N–H and O–H groups in total. The van der Waals surface area contributed by atoms with E-state index in [0.717, 1.165) is 23.5 Å². The standard InChI is InChI=1S/C13H23N3OS/c1-6-9(3)11-8-12(18-15-11)14-13(17)16(5)10(4)7-2/h8-10H,6-7H2,1-5H3,(H,14,17). The van der Waals surface area contributed by atoms with Crippen LogP contribution in [0.2, 0.25) is 0 Å². The van der Waals surface area contributed by atoms with Crippen molar-refractivity contribution >= 4 is 22.6 Å². The van der Waals surface area contributed by atoms with Crippen LogP contribution in [0.25, 0.3) is 0 Å². The Bertz CT molecular complexity index is 391. The van der Waals surface area contributed by atoms with Gasteiger partial charge in [0, 0.05) is 13.1 Å². The normalized spacial score (nSPS) is 14.1. The Morgan fingerprint density at radius 3 is 2.67 bits per heavy atom. The minimum Gasteiger partial charge on any atom is -0.325 e. The van der Waals surface area contributed by atoms with Crippen LogP contribution >= 0.6 is 11.5 Å². The first-order valence-electron chi connectivity index (χ1n) is 6.49. The molecule has 0 aliphatic carbocycles. The lowest BCUT2D eigenvalue weighted by molar-refractivity contribution is 0.206. The molecule has 0 saturated carbocycles. The molecule has 2 unspecified atom stereocenters. The molecule has 0 fully saturated rings. The predicted octanol–water partition coefficient (Wildman–Crippen LogP) is 3.92. The van der Waals surface area contributed by atoms with Gasteiger partial charge in [-0.15, -0.1) is 0 Å². The molecular formula is C13H23N3OS. The zero-order valence-corrected chi connectivity index (χ0v) is 12.7. The molecule has 4 nitrogen and oxygen atoms in total. The lowest BCUT2D eigenvalue weighted by Gasteiger charge is -2.23. The van der Waals surface area contributed by atoms with Crippen LogP contribution in [0, 0.1) is 0 Å². The first-order chi connectivity index (χ1) is 8.49. The number of urea groups is 1. The summed E-state index contributed by atoms with van der Waals surface area (Å²) in [4.78, 5) is 13.7. The molecule has 2 amide bonds. The molecule has 0 aliphatic rings. The van der Waals surface area contributed by atoms with E-state index in [1.165, 1.54) is 11.5 Å². The molecule has 0 bridgehead atoms. The average molecular weight is 269 g/mol. The monoisotopic (exact) mass is 269 g/mol. The largest absolute Gasteiger partial charge is 0.325 e. The van der Waals surface area contributed by atoms with Crippen molar-refractivity contribution in [1.82, 2.24) is 9.27 Å². The Balaban J connectivity index is 2.62. The van der Waals surface area contributed by atoms with Crippen molar-refractivity contribution in [3.63, 3.8) is 0 Å². The van der Waals surface area contributed by atoms with E-state index in [1.54, 1.807) is 4.90 Å². The lowest BCUT2D eigenvalue weighted by Crippen LogP contribution is -2.37. The second-order valence-electron chi connectivity index (χ2n) is 4.72. The lowest BCUT2D eigenvalue weighted by atomic mass is 10.1. The predicted molar refractivity (Wildman–Crippen MR) is 77.4 cm³/mol. The molecule has 0 aliphatic heterocycles. The van der Waals surface area contributed by atoms with Crippen LogP contribution < -0.4 is 5.32 Å². The fourth-order valence-corrected chi connectivity index (χ4v) is 2.20. The van der Waals surface area contributed by atoms with Gasteiger partial charge < -0.3 is 4.90 Å². The molecular weight excluding hydrogens is 246 g/mol. The molecule has 18 heavy (non-hydrogen) atoms. The Labute approximate surface area is 114 Å². The minimum atomic E-state index is -0.0660. The van der Waals surface area contributed by atoms with Crippen LogP contribution in [0.1, 0.15) is 52.1 Å². The highest BCUT2D eigenvalue weighted by atomic mass is 32.1. The number of carbonyl (C=O) groups excluding carboxylic acids is 1. The maximum Gasteiger partial charge on any atom is 0.322 e. The number of rotatable bonds is 5. The van der Waals surface area contributed by atoms with Gasteiger partial charge in [-0.25, -0.2) is 4.79 Å². The van der Waals surface area contributed by atoms with E-state index in [-0.39, 0.29) is 12.1 Å². The molecule has 2 atom stereocenters. The first kappa shape index (κ1) is 15.0. The molecule has 0 aromatic carbocycles. The van der Waals surface area contributed by atoms with Crippen LogP contribution in [0.3, 0.4) is 0 Å². The molecule has 1 aromatic rings. The van der Waals surface area contributed by atoms with Crippen LogP contribution in [0.15, 0.2) is 6.07 Å². The molecule has 0 saturated heterocycles. The molecule has 0 spiro atoms. The van der Waals surface area contributed by atoms with Gasteiger partial charge in [0.15, 0.2) is 0 Å². The van der Waals surface area contributed by atoms with Crippen molar-refractivity contribution in [1.29, 1.82) is 0 Å². The molecule has 1 heterocycles. The van der Waals surface area contributed by atoms with Crippen molar-refractivity contribution in [2.75, 3.05) is 12.4 Å². The zero-order chi connectivity index (χ0) is 13.7.